The molecule has 0 aliphatic heterocycles. The largest absolute Gasteiger partial charge is 0.340 e. The Bertz CT molecular complexity index is 1350. The summed E-state index contributed by atoms with van der Waals surface area (Å²) >= 11 is 3.58. The molecule has 1 aromatic heterocycles. The standard InChI is InChI=1S/C32H33BrFN3/c1-23-5-8-26(9-6-23)16-18-37(25(3)31-20-29(33)15-17-35-31)32-19-28(10-7-24(32)2)22-36(4)21-27-11-13-30(34)14-12-27/h5-15,17,19-20H,3,16,18,21-22H2,1-2,4H3. The zero-order valence-corrected chi connectivity index (χ0v) is 23.3. The highest BCUT2D eigenvalue weighted by atomic mass is 79.9. The van der Waals surface area contributed by atoms with Crippen molar-refractivity contribution in [2.24, 2.45) is 0 Å². The van der Waals surface area contributed by atoms with Crippen molar-refractivity contribution in [1.29, 1.82) is 0 Å². The van der Waals surface area contributed by atoms with Crippen molar-refractivity contribution in [2.45, 2.75) is 33.4 Å². The highest BCUT2D eigenvalue weighted by molar-refractivity contribution is 9.10. The zero-order valence-electron chi connectivity index (χ0n) is 21.7. The van der Waals surface area contributed by atoms with Crippen molar-refractivity contribution in [1.82, 2.24) is 9.88 Å². The van der Waals surface area contributed by atoms with Crippen LogP contribution in [0.4, 0.5) is 10.1 Å². The molecule has 0 amide bonds. The molecule has 4 rings (SSSR count). The zero-order chi connectivity index (χ0) is 26.4. The molecule has 0 N–H and O–H groups in total. The first kappa shape index (κ1) is 26.8. The number of benzene rings is 3. The quantitative estimate of drug-likeness (QED) is 0.197. The number of nitrogens with zero attached hydrogens (tertiary/aromatic N) is 3. The van der Waals surface area contributed by atoms with E-state index in [2.05, 4.69) is 101 Å². The van der Waals surface area contributed by atoms with Crippen molar-refractivity contribution in [3.63, 3.8) is 0 Å². The molecule has 0 unspecified atom stereocenters. The highest BCUT2D eigenvalue weighted by Crippen LogP contribution is 2.30. The van der Waals surface area contributed by atoms with Crippen LogP contribution in [0.25, 0.3) is 5.70 Å². The van der Waals surface area contributed by atoms with Gasteiger partial charge in [0.2, 0.25) is 0 Å². The van der Waals surface area contributed by atoms with Gasteiger partial charge in [-0.15, -0.1) is 0 Å². The lowest BCUT2D eigenvalue weighted by Crippen LogP contribution is -2.25. The second-order valence-electron chi connectivity index (χ2n) is 9.61. The van der Waals surface area contributed by atoms with Crippen LogP contribution < -0.4 is 4.90 Å². The van der Waals surface area contributed by atoms with E-state index < -0.39 is 0 Å². The Labute approximate surface area is 228 Å². The van der Waals surface area contributed by atoms with E-state index in [0.29, 0.717) is 0 Å². The molecule has 5 heteroatoms. The van der Waals surface area contributed by atoms with Crippen LogP contribution in [0.15, 0.2) is 96.1 Å². The summed E-state index contributed by atoms with van der Waals surface area (Å²) in [6.45, 7) is 11.0. The number of aromatic nitrogens is 1. The fourth-order valence-electron chi connectivity index (χ4n) is 4.41. The molecule has 0 fully saturated rings. The fraction of sp³-hybridized carbons (Fsp3) is 0.219. The van der Waals surface area contributed by atoms with Gasteiger partial charge in [0.25, 0.3) is 0 Å². The lowest BCUT2D eigenvalue weighted by molar-refractivity contribution is 0.319. The van der Waals surface area contributed by atoms with Crippen LogP contribution in [0.2, 0.25) is 0 Å². The second kappa shape index (κ2) is 12.3. The van der Waals surface area contributed by atoms with Crippen LogP contribution in [0.3, 0.4) is 0 Å². The Balaban J connectivity index is 1.59. The summed E-state index contributed by atoms with van der Waals surface area (Å²) in [6, 6.07) is 26.0. The van der Waals surface area contributed by atoms with Gasteiger partial charge in [0.05, 0.1) is 11.4 Å². The van der Waals surface area contributed by atoms with E-state index in [0.717, 1.165) is 53.2 Å². The van der Waals surface area contributed by atoms with E-state index in [1.807, 2.05) is 24.3 Å². The molecule has 0 radical (unpaired) electrons. The van der Waals surface area contributed by atoms with Crippen molar-refractivity contribution in [2.75, 3.05) is 18.5 Å². The number of aryl methyl sites for hydroxylation is 2. The van der Waals surface area contributed by atoms with Crippen molar-refractivity contribution < 1.29 is 4.39 Å². The van der Waals surface area contributed by atoms with Gasteiger partial charge in [0.1, 0.15) is 5.82 Å². The number of anilines is 1. The van der Waals surface area contributed by atoms with Crippen LogP contribution in [0.5, 0.6) is 0 Å². The van der Waals surface area contributed by atoms with Gasteiger partial charge in [-0.25, -0.2) is 4.39 Å². The Morgan fingerprint density at radius 3 is 2.22 bits per heavy atom. The van der Waals surface area contributed by atoms with E-state index in [1.165, 1.54) is 34.4 Å². The van der Waals surface area contributed by atoms with Crippen molar-refractivity contribution in [3.8, 4) is 0 Å². The summed E-state index contributed by atoms with van der Waals surface area (Å²) in [5, 5.41) is 0. The Morgan fingerprint density at radius 2 is 1.51 bits per heavy atom. The van der Waals surface area contributed by atoms with Gasteiger partial charge in [-0.2, -0.15) is 0 Å². The van der Waals surface area contributed by atoms with E-state index in [4.69, 9.17) is 0 Å². The molecule has 0 atom stereocenters. The molecule has 3 nitrogen and oxygen atoms in total. The van der Waals surface area contributed by atoms with Gasteiger partial charge in [0.15, 0.2) is 0 Å². The highest BCUT2D eigenvalue weighted by Gasteiger charge is 2.17. The first-order valence-corrected chi connectivity index (χ1v) is 13.2. The third-order valence-corrected chi connectivity index (χ3v) is 6.96. The normalized spacial score (nSPS) is 11.1. The molecule has 0 aliphatic rings. The first-order chi connectivity index (χ1) is 17.8. The minimum Gasteiger partial charge on any atom is -0.340 e. The SMILES string of the molecule is C=C(c1cc(Br)ccn1)N(CCc1ccc(C)cc1)c1cc(CN(C)Cc2ccc(F)cc2)ccc1C. The number of hydrogen-bond donors (Lipinski definition) is 0. The van der Waals surface area contributed by atoms with E-state index in [9.17, 15) is 4.39 Å². The predicted molar refractivity (Wildman–Crippen MR) is 156 cm³/mol. The molecule has 1 heterocycles. The Kier molecular flexibility index (Phi) is 8.91. The molecular weight excluding hydrogens is 525 g/mol. The third-order valence-electron chi connectivity index (χ3n) is 6.47. The maximum Gasteiger partial charge on any atom is 0.123 e. The van der Waals surface area contributed by atoms with Crippen LogP contribution in [0, 0.1) is 19.7 Å². The summed E-state index contributed by atoms with van der Waals surface area (Å²) in [5.74, 6) is -0.208. The van der Waals surface area contributed by atoms with Crippen LogP contribution in [-0.2, 0) is 19.5 Å². The number of halogens is 2. The summed E-state index contributed by atoms with van der Waals surface area (Å²) in [5.41, 5.74) is 8.88. The van der Waals surface area contributed by atoms with E-state index >= 15 is 0 Å². The smallest absolute Gasteiger partial charge is 0.123 e. The fourth-order valence-corrected chi connectivity index (χ4v) is 4.75. The summed E-state index contributed by atoms with van der Waals surface area (Å²) in [6.07, 6.45) is 2.69. The molecule has 0 aliphatic carbocycles. The predicted octanol–water partition coefficient (Wildman–Crippen LogP) is 7.95. The van der Waals surface area contributed by atoms with Crippen molar-refractivity contribution in [3.05, 3.63) is 135 Å². The van der Waals surface area contributed by atoms with Gasteiger partial charge >= 0.3 is 0 Å². The maximum absolute atomic E-state index is 13.3. The van der Waals surface area contributed by atoms with Gasteiger partial charge < -0.3 is 4.90 Å². The Morgan fingerprint density at radius 1 is 0.865 bits per heavy atom. The average Bonchev–Trinajstić information content (AvgIpc) is 2.88. The van der Waals surface area contributed by atoms with Crippen LogP contribution in [-0.4, -0.2) is 23.5 Å². The van der Waals surface area contributed by atoms with E-state index in [1.54, 1.807) is 6.20 Å². The second-order valence-corrected chi connectivity index (χ2v) is 10.5. The third kappa shape index (κ3) is 7.37. The van der Waals surface area contributed by atoms with Gasteiger partial charge in [-0.05, 0) is 79.9 Å². The molecule has 4 aromatic rings. The van der Waals surface area contributed by atoms with Crippen molar-refractivity contribution >= 4 is 27.3 Å². The minimum absolute atomic E-state index is 0.208. The summed E-state index contributed by atoms with van der Waals surface area (Å²) < 4.78 is 14.3. The molecule has 0 saturated heterocycles. The van der Waals surface area contributed by atoms with Gasteiger partial charge in [0, 0.05) is 36.0 Å². The van der Waals surface area contributed by atoms with Crippen LogP contribution in [0.1, 0.15) is 33.5 Å². The molecule has 0 saturated carbocycles. The molecule has 0 bridgehead atoms. The minimum atomic E-state index is -0.208. The summed E-state index contributed by atoms with van der Waals surface area (Å²) in [4.78, 5) is 9.12. The summed E-state index contributed by atoms with van der Waals surface area (Å²) in [7, 11) is 2.09. The van der Waals surface area contributed by atoms with Gasteiger partial charge in [-0.3, -0.25) is 9.88 Å². The number of hydrogen-bond acceptors (Lipinski definition) is 3. The molecule has 3 aromatic carbocycles. The molecular formula is C32H33BrFN3. The van der Waals surface area contributed by atoms with Crippen LogP contribution >= 0.6 is 15.9 Å². The van der Waals surface area contributed by atoms with Gasteiger partial charge in [-0.1, -0.05) is 76.6 Å². The Hall–Kier alpha value is -3.28. The topological polar surface area (TPSA) is 19.4 Å². The molecule has 37 heavy (non-hydrogen) atoms. The first-order valence-electron chi connectivity index (χ1n) is 12.4. The number of rotatable bonds is 10. The lowest BCUT2D eigenvalue weighted by atomic mass is 10.0. The molecule has 190 valence electrons. The average molecular weight is 559 g/mol. The molecule has 0 spiro atoms. The maximum atomic E-state index is 13.3. The lowest BCUT2D eigenvalue weighted by Gasteiger charge is -2.29. The monoisotopic (exact) mass is 557 g/mol. The number of pyridine rings is 1. The van der Waals surface area contributed by atoms with E-state index in [-0.39, 0.29) is 5.82 Å².